The van der Waals surface area contributed by atoms with Crippen LogP contribution in [0, 0.1) is 0 Å². The Balaban J connectivity index is 4.27. The van der Waals surface area contributed by atoms with E-state index in [-0.39, 0.29) is 5.54 Å². The van der Waals surface area contributed by atoms with Crippen LogP contribution in [0.3, 0.4) is 0 Å². The highest BCUT2D eigenvalue weighted by atomic mass is 16.5. The van der Waals surface area contributed by atoms with Gasteiger partial charge in [-0.25, -0.2) is 0 Å². The van der Waals surface area contributed by atoms with Crippen LogP contribution in [-0.2, 0) is 4.74 Å². The molecule has 16 heavy (non-hydrogen) atoms. The highest BCUT2D eigenvalue weighted by molar-refractivity contribution is 4.77. The van der Waals surface area contributed by atoms with E-state index in [0.29, 0.717) is 0 Å². The summed E-state index contributed by atoms with van der Waals surface area (Å²) in [5, 5.41) is 8.79. The third-order valence-corrected chi connectivity index (χ3v) is 3.02. The zero-order valence-corrected chi connectivity index (χ0v) is 11.8. The zero-order chi connectivity index (χ0) is 12.7. The number of ether oxygens (including phenoxy) is 1. The van der Waals surface area contributed by atoms with Gasteiger partial charge in [0.2, 0.25) is 0 Å². The van der Waals surface area contributed by atoms with E-state index in [1.165, 1.54) is 19.3 Å². The molecule has 0 N–H and O–H groups in total. The van der Waals surface area contributed by atoms with Gasteiger partial charge in [-0.2, -0.15) is 10.2 Å². The summed E-state index contributed by atoms with van der Waals surface area (Å²) < 4.78 is 5.35. The van der Waals surface area contributed by atoms with E-state index in [2.05, 4.69) is 37.9 Å². The first-order valence-electron chi connectivity index (χ1n) is 6.38. The molecule has 96 valence electrons. The van der Waals surface area contributed by atoms with Crippen LogP contribution < -0.4 is 0 Å². The molecule has 0 spiro atoms. The quantitative estimate of drug-likeness (QED) is 0.442. The smallest absolute Gasteiger partial charge is 0.175 e. The molecular formula is C13H28N2O. The van der Waals surface area contributed by atoms with Gasteiger partial charge < -0.3 is 4.74 Å². The molecule has 0 heterocycles. The summed E-state index contributed by atoms with van der Waals surface area (Å²) in [4.78, 5) is 0. The van der Waals surface area contributed by atoms with Crippen molar-refractivity contribution in [2.45, 2.75) is 78.0 Å². The number of unbranched alkanes of at least 4 members (excludes halogenated alkanes) is 2. The maximum atomic E-state index is 5.35. The Morgan fingerprint density at radius 1 is 1.00 bits per heavy atom. The summed E-state index contributed by atoms with van der Waals surface area (Å²) in [6.45, 7) is 10.5. The molecule has 0 aliphatic carbocycles. The molecule has 0 bridgehead atoms. The first kappa shape index (κ1) is 15.6. The maximum Gasteiger partial charge on any atom is 0.175 e. The lowest BCUT2D eigenvalue weighted by Crippen LogP contribution is -2.25. The number of nitrogens with zero attached hydrogens (tertiary/aromatic N) is 2. The molecule has 0 rings (SSSR count). The van der Waals surface area contributed by atoms with E-state index < -0.39 is 5.72 Å². The highest BCUT2D eigenvalue weighted by Gasteiger charge is 2.22. The lowest BCUT2D eigenvalue weighted by molar-refractivity contribution is 0.00185. The van der Waals surface area contributed by atoms with E-state index >= 15 is 0 Å². The summed E-state index contributed by atoms with van der Waals surface area (Å²) >= 11 is 0. The average molecular weight is 228 g/mol. The fraction of sp³-hybridized carbons (Fsp3) is 1.00. The largest absolute Gasteiger partial charge is 0.356 e. The summed E-state index contributed by atoms with van der Waals surface area (Å²) in [7, 11) is 1.69. The minimum Gasteiger partial charge on any atom is -0.356 e. The van der Waals surface area contributed by atoms with Gasteiger partial charge in [0, 0.05) is 7.11 Å². The normalized spacial score (nSPS) is 16.6. The van der Waals surface area contributed by atoms with Crippen molar-refractivity contribution in [3.63, 3.8) is 0 Å². The topological polar surface area (TPSA) is 34.0 Å². The lowest BCUT2D eigenvalue weighted by atomic mass is 9.98. The average Bonchev–Trinajstić information content (AvgIpc) is 2.26. The van der Waals surface area contributed by atoms with E-state index in [9.17, 15) is 0 Å². The molecule has 0 amide bonds. The number of rotatable bonds is 8. The van der Waals surface area contributed by atoms with Crippen molar-refractivity contribution in [1.82, 2.24) is 0 Å². The molecule has 0 saturated heterocycles. The SMILES string of the molecule is CCCCCC(C)(C)N=NC(C)(CC)OC. The van der Waals surface area contributed by atoms with Crippen molar-refractivity contribution in [3.8, 4) is 0 Å². The Morgan fingerprint density at radius 2 is 1.62 bits per heavy atom. The van der Waals surface area contributed by atoms with E-state index in [1.807, 2.05) is 6.92 Å². The Kier molecular flexibility index (Phi) is 6.81. The van der Waals surface area contributed by atoms with E-state index in [1.54, 1.807) is 7.11 Å². The molecule has 0 aromatic heterocycles. The molecule has 0 aliphatic rings. The van der Waals surface area contributed by atoms with Crippen molar-refractivity contribution < 1.29 is 4.74 Å². The van der Waals surface area contributed by atoms with Crippen LogP contribution in [-0.4, -0.2) is 18.4 Å². The fourth-order valence-electron chi connectivity index (χ4n) is 1.35. The van der Waals surface area contributed by atoms with Crippen molar-refractivity contribution in [3.05, 3.63) is 0 Å². The first-order chi connectivity index (χ1) is 7.39. The maximum absolute atomic E-state index is 5.35. The summed E-state index contributed by atoms with van der Waals surface area (Å²) in [5.74, 6) is 0. The molecule has 1 unspecified atom stereocenters. The van der Waals surface area contributed by atoms with Gasteiger partial charge in [0.1, 0.15) is 0 Å². The van der Waals surface area contributed by atoms with Crippen LogP contribution >= 0.6 is 0 Å². The third-order valence-electron chi connectivity index (χ3n) is 3.02. The second-order valence-electron chi connectivity index (χ2n) is 5.20. The second-order valence-corrected chi connectivity index (χ2v) is 5.20. The van der Waals surface area contributed by atoms with Crippen molar-refractivity contribution in [2.75, 3.05) is 7.11 Å². The number of hydrogen-bond donors (Lipinski definition) is 0. The summed E-state index contributed by atoms with van der Waals surface area (Å²) in [6, 6.07) is 0. The van der Waals surface area contributed by atoms with Gasteiger partial charge in [-0.15, -0.1) is 0 Å². The van der Waals surface area contributed by atoms with Crippen LogP contribution in [0.5, 0.6) is 0 Å². The van der Waals surface area contributed by atoms with Gasteiger partial charge in [-0.1, -0.05) is 33.1 Å². The Hall–Kier alpha value is -0.440. The van der Waals surface area contributed by atoms with Gasteiger partial charge in [0.25, 0.3) is 0 Å². The predicted molar refractivity (Wildman–Crippen MR) is 68.8 cm³/mol. The van der Waals surface area contributed by atoms with Crippen molar-refractivity contribution in [2.24, 2.45) is 10.2 Å². The van der Waals surface area contributed by atoms with E-state index in [0.717, 1.165) is 12.8 Å². The first-order valence-corrected chi connectivity index (χ1v) is 6.38. The minimum absolute atomic E-state index is 0.0653. The predicted octanol–water partition coefficient (Wildman–Crippen LogP) is 4.57. The monoisotopic (exact) mass is 228 g/mol. The Labute approximate surface area is 101 Å². The van der Waals surface area contributed by atoms with Gasteiger partial charge in [0.05, 0.1) is 5.54 Å². The van der Waals surface area contributed by atoms with Gasteiger partial charge >= 0.3 is 0 Å². The van der Waals surface area contributed by atoms with Crippen molar-refractivity contribution in [1.29, 1.82) is 0 Å². The lowest BCUT2D eigenvalue weighted by Gasteiger charge is -2.24. The molecule has 0 aromatic rings. The molecule has 0 aliphatic heterocycles. The number of hydrogen-bond acceptors (Lipinski definition) is 3. The van der Waals surface area contributed by atoms with Gasteiger partial charge in [0.15, 0.2) is 5.72 Å². The standard InChI is InChI=1S/C13H28N2O/c1-7-9-10-11-12(3,4)14-15-13(5,8-2)16-6/h7-11H2,1-6H3. The van der Waals surface area contributed by atoms with Crippen LogP contribution in [0.15, 0.2) is 10.2 Å². The second kappa shape index (κ2) is 7.00. The molecule has 3 nitrogen and oxygen atoms in total. The molecular weight excluding hydrogens is 200 g/mol. The Bertz CT molecular complexity index is 208. The van der Waals surface area contributed by atoms with Gasteiger partial charge in [-0.3, -0.25) is 0 Å². The summed E-state index contributed by atoms with van der Waals surface area (Å²) in [5.41, 5.74) is -0.522. The summed E-state index contributed by atoms with van der Waals surface area (Å²) in [6.07, 6.45) is 5.68. The van der Waals surface area contributed by atoms with Crippen LogP contribution in [0.1, 0.15) is 66.7 Å². The third kappa shape index (κ3) is 6.21. The number of methoxy groups -OCH3 is 1. The van der Waals surface area contributed by atoms with Crippen LogP contribution in [0.25, 0.3) is 0 Å². The molecule has 0 aromatic carbocycles. The molecule has 3 heteroatoms. The van der Waals surface area contributed by atoms with E-state index in [4.69, 9.17) is 4.74 Å². The highest BCUT2D eigenvalue weighted by Crippen LogP contribution is 2.23. The molecule has 0 saturated carbocycles. The molecule has 0 fully saturated rings. The molecule has 1 atom stereocenters. The fourth-order valence-corrected chi connectivity index (χ4v) is 1.35. The zero-order valence-electron chi connectivity index (χ0n) is 11.8. The van der Waals surface area contributed by atoms with Crippen LogP contribution in [0.2, 0.25) is 0 Å². The van der Waals surface area contributed by atoms with Crippen LogP contribution in [0.4, 0.5) is 0 Å². The molecule has 0 radical (unpaired) electrons. The number of azo groups is 1. The minimum atomic E-state index is -0.456. The van der Waals surface area contributed by atoms with Crippen molar-refractivity contribution >= 4 is 0 Å². The van der Waals surface area contributed by atoms with Gasteiger partial charge in [-0.05, 0) is 33.6 Å². The Morgan fingerprint density at radius 3 is 2.06 bits per heavy atom.